The maximum absolute atomic E-state index is 6.16. The summed E-state index contributed by atoms with van der Waals surface area (Å²) in [6.07, 6.45) is 2.35. The Balaban J connectivity index is 2.23. The standard InChI is InChI=1S/C14H22N2O2/c1-3-11-10-16(8-5-9-18-11)12-6-4-7-13(17-2)14(12)15/h4,6-7,11H,3,5,8-10,15H2,1-2H3. The predicted molar refractivity (Wildman–Crippen MR) is 74.3 cm³/mol. The van der Waals surface area contributed by atoms with Gasteiger partial charge in [-0.2, -0.15) is 0 Å². The number of methoxy groups -OCH3 is 1. The molecule has 0 saturated carbocycles. The number of rotatable bonds is 3. The van der Waals surface area contributed by atoms with Crippen molar-refractivity contribution in [2.45, 2.75) is 25.9 Å². The van der Waals surface area contributed by atoms with Crippen molar-refractivity contribution in [3.63, 3.8) is 0 Å². The first-order chi connectivity index (χ1) is 8.76. The van der Waals surface area contributed by atoms with Crippen LogP contribution in [0.25, 0.3) is 0 Å². The summed E-state index contributed by atoms with van der Waals surface area (Å²) >= 11 is 0. The SMILES string of the molecule is CCC1CN(c2cccc(OC)c2N)CCCO1. The molecule has 1 heterocycles. The number of nitrogen functional groups attached to an aromatic ring is 1. The molecule has 1 aromatic carbocycles. The molecule has 0 spiro atoms. The van der Waals surface area contributed by atoms with Crippen LogP contribution in [0.1, 0.15) is 19.8 Å². The van der Waals surface area contributed by atoms with E-state index in [9.17, 15) is 0 Å². The predicted octanol–water partition coefficient (Wildman–Crippen LogP) is 2.28. The fourth-order valence-corrected chi connectivity index (χ4v) is 2.35. The minimum absolute atomic E-state index is 0.290. The van der Waals surface area contributed by atoms with Crippen LogP contribution in [0.3, 0.4) is 0 Å². The topological polar surface area (TPSA) is 47.7 Å². The highest BCUT2D eigenvalue weighted by Gasteiger charge is 2.20. The molecule has 2 N–H and O–H groups in total. The van der Waals surface area contributed by atoms with Crippen LogP contribution in [0.2, 0.25) is 0 Å². The Morgan fingerprint density at radius 2 is 2.33 bits per heavy atom. The first-order valence-electron chi connectivity index (χ1n) is 6.55. The molecule has 1 atom stereocenters. The Hall–Kier alpha value is -1.42. The Bertz CT molecular complexity index is 395. The molecule has 4 nitrogen and oxygen atoms in total. The van der Waals surface area contributed by atoms with E-state index in [2.05, 4.69) is 17.9 Å². The minimum Gasteiger partial charge on any atom is -0.495 e. The molecule has 1 unspecified atom stereocenters. The van der Waals surface area contributed by atoms with Crippen molar-refractivity contribution in [3.8, 4) is 5.75 Å². The van der Waals surface area contributed by atoms with E-state index < -0.39 is 0 Å². The maximum Gasteiger partial charge on any atom is 0.143 e. The fraction of sp³-hybridized carbons (Fsp3) is 0.571. The molecule has 100 valence electrons. The average Bonchev–Trinajstić information content (AvgIpc) is 2.64. The number of nitrogens with zero attached hydrogens (tertiary/aromatic N) is 1. The monoisotopic (exact) mass is 250 g/mol. The van der Waals surface area contributed by atoms with Gasteiger partial charge in [-0.3, -0.25) is 0 Å². The smallest absolute Gasteiger partial charge is 0.143 e. The van der Waals surface area contributed by atoms with Crippen molar-refractivity contribution < 1.29 is 9.47 Å². The van der Waals surface area contributed by atoms with Crippen LogP contribution in [0.4, 0.5) is 11.4 Å². The zero-order valence-corrected chi connectivity index (χ0v) is 11.2. The lowest BCUT2D eigenvalue weighted by Crippen LogP contribution is -2.31. The second-order valence-electron chi connectivity index (χ2n) is 4.59. The highest BCUT2D eigenvalue weighted by Crippen LogP contribution is 2.32. The van der Waals surface area contributed by atoms with Gasteiger partial charge < -0.3 is 20.1 Å². The normalized spacial score (nSPS) is 20.6. The molecular weight excluding hydrogens is 228 g/mol. The Morgan fingerprint density at radius 1 is 1.50 bits per heavy atom. The van der Waals surface area contributed by atoms with Gasteiger partial charge in [0.15, 0.2) is 0 Å². The molecule has 1 aliphatic rings. The number of para-hydroxylation sites is 1. The third-order valence-electron chi connectivity index (χ3n) is 3.41. The van der Waals surface area contributed by atoms with Gasteiger partial charge in [-0.1, -0.05) is 13.0 Å². The first kappa shape index (κ1) is 13.0. The van der Waals surface area contributed by atoms with E-state index in [1.807, 2.05) is 12.1 Å². The lowest BCUT2D eigenvalue weighted by atomic mass is 10.2. The molecular formula is C14H22N2O2. The molecule has 0 aliphatic carbocycles. The number of hydrogen-bond donors (Lipinski definition) is 1. The zero-order chi connectivity index (χ0) is 13.0. The van der Waals surface area contributed by atoms with Crippen LogP contribution in [0, 0.1) is 0 Å². The minimum atomic E-state index is 0.290. The number of ether oxygens (including phenoxy) is 2. The molecule has 18 heavy (non-hydrogen) atoms. The van der Waals surface area contributed by atoms with Crippen molar-refractivity contribution in [1.29, 1.82) is 0 Å². The number of hydrogen-bond acceptors (Lipinski definition) is 4. The van der Waals surface area contributed by atoms with Crippen molar-refractivity contribution in [1.82, 2.24) is 0 Å². The summed E-state index contributed by atoms with van der Waals surface area (Å²) in [5.74, 6) is 0.741. The first-order valence-corrected chi connectivity index (χ1v) is 6.55. The Labute approximate surface area is 109 Å². The Morgan fingerprint density at radius 3 is 3.06 bits per heavy atom. The van der Waals surface area contributed by atoms with Crippen LogP contribution in [0.5, 0.6) is 5.75 Å². The van der Waals surface area contributed by atoms with Gasteiger partial charge in [-0.15, -0.1) is 0 Å². The lowest BCUT2D eigenvalue weighted by molar-refractivity contribution is 0.0664. The summed E-state index contributed by atoms with van der Waals surface area (Å²) in [4.78, 5) is 2.30. The van der Waals surface area contributed by atoms with Crippen molar-refractivity contribution in [2.24, 2.45) is 0 Å². The van der Waals surface area contributed by atoms with Crippen LogP contribution >= 0.6 is 0 Å². The van der Waals surface area contributed by atoms with E-state index in [-0.39, 0.29) is 6.10 Å². The third kappa shape index (κ3) is 2.70. The summed E-state index contributed by atoms with van der Waals surface area (Å²) < 4.78 is 11.1. The van der Waals surface area contributed by atoms with Crippen LogP contribution in [0.15, 0.2) is 18.2 Å². The van der Waals surface area contributed by atoms with E-state index >= 15 is 0 Å². The largest absolute Gasteiger partial charge is 0.495 e. The molecule has 1 fully saturated rings. The quantitative estimate of drug-likeness (QED) is 0.836. The van der Waals surface area contributed by atoms with Gasteiger partial charge in [-0.25, -0.2) is 0 Å². The second kappa shape index (κ2) is 5.96. The summed E-state index contributed by atoms with van der Waals surface area (Å²) in [6, 6.07) is 5.93. The molecule has 0 aromatic heterocycles. The average molecular weight is 250 g/mol. The van der Waals surface area contributed by atoms with Gasteiger partial charge in [0.2, 0.25) is 0 Å². The van der Waals surface area contributed by atoms with E-state index in [4.69, 9.17) is 15.2 Å². The van der Waals surface area contributed by atoms with Gasteiger partial charge in [0, 0.05) is 19.7 Å². The summed E-state index contributed by atoms with van der Waals surface area (Å²) in [5, 5.41) is 0. The highest BCUT2D eigenvalue weighted by molar-refractivity contribution is 5.74. The lowest BCUT2D eigenvalue weighted by Gasteiger charge is -2.27. The fourth-order valence-electron chi connectivity index (χ4n) is 2.35. The Kier molecular flexibility index (Phi) is 4.31. The second-order valence-corrected chi connectivity index (χ2v) is 4.59. The molecule has 4 heteroatoms. The van der Waals surface area contributed by atoms with E-state index in [0.29, 0.717) is 0 Å². The van der Waals surface area contributed by atoms with Gasteiger partial charge in [0.05, 0.1) is 24.6 Å². The summed E-state index contributed by atoms with van der Waals surface area (Å²) in [7, 11) is 1.65. The van der Waals surface area contributed by atoms with Crippen LogP contribution in [-0.4, -0.2) is 32.9 Å². The summed E-state index contributed by atoms with van der Waals surface area (Å²) in [6.45, 7) is 4.86. The zero-order valence-electron chi connectivity index (χ0n) is 11.2. The molecule has 1 aromatic rings. The maximum atomic E-state index is 6.16. The van der Waals surface area contributed by atoms with Crippen LogP contribution < -0.4 is 15.4 Å². The summed E-state index contributed by atoms with van der Waals surface area (Å²) in [5.41, 5.74) is 7.93. The van der Waals surface area contributed by atoms with E-state index in [1.54, 1.807) is 7.11 Å². The molecule has 1 aliphatic heterocycles. The van der Waals surface area contributed by atoms with Gasteiger partial charge in [-0.05, 0) is 25.0 Å². The van der Waals surface area contributed by atoms with Crippen LogP contribution in [-0.2, 0) is 4.74 Å². The van der Waals surface area contributed by atoms with Gasteiger partial charge in [0.1, 0.15) is 5.75 Å². The molecule has 0 radical (unpaired) electrons. The molecule has 2 rings (SSSR count). The number of benzene rings is 1. The van der Waals surface area contributed by atoms with E-state index in [0.717, 1.165) is 49.7 Å². The molecule has 1 saturated heterocycles. The molecule has 0 amide bonds. The molecule has 0 bridgehead atoms. The third-order valence-corrected chi connectivity index (χ3v) is 3.41. The number of nitrogens with two attached hydrogens (primary N) is 1. The van der Waals surface area contributed by atoms with E-state index in [1.165, 1.54) is 0 Å². The highest BCUT2D eigenvalue weighted by atomic mass is 16.5. The van der Waals surface area contributed by atoms with Crippen molar-refractivity contribution in [2.75, 3.05) is 37.4 Å². The van der Waals surface area contributed by atoms with Crippen molar-refractivity contribution >= 4 is 11.4 Å². The van der Waals surface area contributed by atoms with Gasteiger partial charge >= 0.3 is 0 Å². The number of anilines is 2. The van der Waals surface area contributed by atoms with Gasteiger partial charge in [0.25, 0.3) is 0 Å². The van der Waals surface area contributed by atoms with Crippen molar-refractivity contribution in [3.05, 3.63) is 18.2 Å².